The molecule has 0 fully saturated rings. The number of carbonyl (C=O) groups is 1. The van der Waals surface area contributed by atoms with Crippen LogP contribution in [0, 0.1) is 0 Å². The summed E-state index contributed by atoms with van der Waals surface area (Å²) in [5.74, 6) is 0.321. The molecular weight excluding hydrogens is 439 g/mol. The van der Waals surface area contributed by atoms with Gasteiger partial charge in [-0.2, -0.15) is 13.2 Å². The Hall–Kier alpha value is -3.59. The highest BCUT2D eigenvalue weighted by Gasteiger charge is 2.30. The minimum Gasteiger partial charge on any atom is -0.497 e. The number of halogens is 3. The van der Waals surface area contributed by atoms with Crippen molar-refractivity contribution in [3.63, 3.8) is 0 Å². The fourth-order valence-corrected chi connectivity index (χ4v) is 3.98. The number of methoxy groups -OCH3 is 1. The van der Waals surface area contributed by atoms with Gasteiger partial charge in [0.15, 0.2) is 0 Å². The van der Waals surface area contributed by atoms with Crippen molar-refractivity contribution in [2.24, 2.45) is 0 Å². The second-order valence-corrected chi connectivity index (χ2v) is 7.82. The Kier molecular flexibility index (Phi) is 6.00. The minimum atomic E-state index is -4.42. The van der Waals surface area contributed by atoms with E-state index in [0.717, 1.165) is 34.3 Å². The van der Waals surface area contributed by atoms with Crippen molar-refractivity contribution in [3.8, 4) is 5.75 Å². The quantitative estimate of drug-likeness (QED) is 0.363. The highest BCUT2D eigenvalue weighted by Crippen LogP contribution is 2.30. The number of carbonyl (C=O) groups excluding carboxylic acids is 1. The molecule has 4 aromatic rings. The van der Waals surface area contributed by atoms with Gasteiger partial charge in [-0.3, -0.25) is 9.78 Å². The van der Waals surface area contributed by atoms with Gasteiger partial charge < -0.3 is 15.4 Å². The summed E-state index contributed by atoms with van der Waals surface area (Å²) in [5.41, 5.74) is 1.96. The highest BCUT2D eigenvalue weighted by atomic mass is 32.1. The third-order valence-corrected chi connectivity index (χ3v) is 5.76. The number of pyridine rings is 1. The molecule has 5 nitrogen and oxygen atoms in total. The molecular formula is C23H18F3N3O2S. The van der Waals surface area contributed by atoms with Crippen molar-refractivity contribution in [1.82, 2.24) is 4.98 Å². The average molecular weight is 457 g/mol. The summed E-state index contributed by atoms with van der Waals surface area (Å²) in [6, 6.07) is 13.7. The lowest BCUT2D eigenvalue weighted by Gasteiger charge is -2.11. The van der Waals surface area contributed by atoms with Crippen LogP contribution in [0.3, 0.4) is 0 Å². The third-order valence-electron chi connectivity index (χ3n) is 4.85. The van der Waals surface area contributed by atoms with Gasteiger partial charge in [0.1, 0.15) is 10.6 Å². The van der Waals surface area contributed by atoms with Crippen molar-refractivity contribution in [2.75, 3.05) is 17.7 Å². The lowest BCUT2D eigenvalue weighted by Crippen LogP contribution is -2.13. The maximum absolute atomic E-state index is 12.7. The first-order chi connectivity index (χ1) is 15.3. The van der Waals surface area contributed by atoms with Crippen LogP contribution in [0.15, 0.2) is 66.2 Å². The molecule has 9 heteroatoms. The number of ether oxygens (including phenoxy) is 1. The Balaban J connectivity index is 1.47. The second-order valence-electron chi connectivity index (χ2n) is 6.90. The van der Waals surface area contributed by atoms with Gasteiger partial charge in [0.25, 0.3) is 5.91 Å². The summed E-state index contributed by atoms with van der Waals surface area (Å²) in [7, 11) is 1.60. The van der Waals surface area contributed by atoms with E-state index in [4.69, 9.17) is 4.74 Å². The normalized spacial score (nSPS) is 11.4. The largest absolute Gasteiger partial charge is 0.497 e. The summed E-state index contributed by atoms with van der Waals surface area (Å²) in [6.45, 7) is 0.461. The van der Waals surface area contributed by atoms with E-state index < -0.39 is 17.6 Å². The number of aromatic nitrogens is 1. The van der Waals surface area contributed by atoms with Crippen LogP contribution in [-0.2, 0) is 12.7 Å². The first-order valence-electron chi connectivity index (χ1n) is 9.57. The van der Waals surface area contributed by atoms with E-state index >= 15 is 0 Å². The molecule has 0 atom stereocenters. The van der Waals surface area contributed by atoms with Crippen LogP contribution in [0.4, 0.5) is 24.5 Å². The molecule has 2 aromatic heterocycles. The maximum Gasteiger partial charge on any atom is 0.416 e. The molecule has 0 saturated carbocycles. The lowest BCUT2D eigenvalue weighted by molar-refractivity contribution is -0.137. The van der Waals surface area contributed by atoms with Gasteiger partial charge >= 0.3 is 6.18 Å². The van der Waals surface area contributed by atoms with Crippen molar-refractivity contribution in [2.45, 2.75) is 12.7 Å². The van der Waals surface area contributed by atoms with Gasteiger partial charge in [0.05, 0.1) is 23.9 Å². The number of nitrogens with one attached hydrogen (secondary N) is 2. The molecule has 164 valence electrons. The average Bonchev–Trinajstić information content (AvgIpc) is 3.26. The molecule has 0 aliphatic rings. The number of thiophene rings is 1. The van der Waals surface area contributed by atoms with Crippen LogP contribution in [0.5, 0.6) is 5.75 Å². The molecule has 2 aromatic carbocycles. The van der Waals surface area contributed by atoms with E-state index in [2.05, 4.69) is 15.6 Å². The first-order valence-corrected chi connectivity index (χ1v) is 10.4. The van der Waals surface area contributed by atoms with Crippen LogP contribution < -0.4 is 15.4 Å². The number of rotatable bonds is 6. The molecule has 4 rings (SSSR count). The van der Waals surface area contributed by atoms with Crippen LogP contribution in [0.1, 0.15) is 20.8 Å². The lowest BCUT2D eigenvalue weighted by atomic mass is 10.1. The van der Waals surface area contributed by atoms with Crippen molar-refractivity contribution < 1.29 is 22.7 Å². The summed E-state index contributed by atoms with van der Waals surface area (Å²) >= 11 is 1.24. The minimum absolute atomic E-state index is 0.288. The van der Waals surface area contributed by atoms with E-state index in [-0.39, 0.29) is 5.69 Å². The summed E-state index contributed by atoms with van der Waals surface area (Å²) in [5, 5.41) is 8.65. The Morgan fingerprint density at radius 1 is 1.09 bits per heavy atom. The molecule has 32 heavy (non-hydrogen) atoms. The Morgan fingerprint density at radius 3 is 2.59 bits per heavy atom. The summed E-state index contributed by atoms with van der Waals surface area (Å²) in [6.07, 6.45) is -2.71. The van der Waals surface area contributed by atoms with Crippen molar-refractivity contribution in [1.29, 1.82) is 0 Å². The Labute approximate surface area is 185 Å². The number of alkyl halides is 3. The highest BCUT2D eigenvalue weighted by molar-refractivity contribution is 7.12. The molecule has 0 radical (unpaired) electrons. The van der Waals surface area contributed by atoms with E-state index in [9.17, 15) is 18.0 Å². The third kappa shape index (κ3) is 4.67. The SMILES string of the molecule is COc1ccc2c(CNc3ccsc3C(=O)Nc3ccc(C(F)(F)F)cc3)ccnc2c1. The zero-order valence-electron chi connectivity index (χ0n) is 16.9. The number of anilines is 2. The number of amides is 1. The molecule has 0 spiro atoms. The number of nitrogens with zero attached hydrogens (tertiary/aromatic N) is 1. The maximum atomic E-state index is 12.7. The van der Waals surface area contributed by atoms with Gasteiger partial charge in [-0.05, 0) is 59.5 Å². The van der Waals surface area contributed by atoms with E-state index in [0.29, 0.717) is 17.1 Å². The fourth-order valence-electron chi connectivity index (χ4n) is 3.21. The van der Waals surface area contributed by atoms with Gasteiger partial charge in [-0.1, -0.05) is 0 Å². The standard InChI is InChI=1S/C23H18F3N3O2S/c1-31-17-6-7-18-14(8-10-27-20(18)12-17)13-28-19-9-11-32-21(19)22(30)29-16-4-2-15(3-5-16)23(24,25)26/h2-12,28H,13H2,1H3,(H,29,30). The number of hydrogen-bond donors (Lipinski definition) is 2. The van der Waals surface area contributed by atoms with Crippen LogP contribution in [-0.4, -0.2) is 18.0 Å². The number of hydrogen-bond acceptors (Lipinski definition) is 5. The van der Waals surface area contributed by atoms with Crippen LogP contribution >= 0.6 is 11.3 Å². The van der Waals surface area contributed by atoms with E-state index in [1.54, 1.807) is 24.8 Å². The number of fused-ring (bicyclic) bond motifs is 1. The predicted octanol–water partition coefficient (Wildman–Crippen LogP) is 6.19. The number of benzene rings is 2. The molecule has 2 heterocycles. The molecule has 0 bridgehead atoms. The van der Waals surface area contributed by atoms with Gasteiger partial charge in [0.2, 0.25) is 0 Å². The fraction of sp³-hybridized carbons (Fsp3) is 0.130. The molecule has 2 N–H and O–H groups in total. The van der Waals surface area contributed by atoms with Gasteiger partial charge in [-0.15, -0.1) is 11.3 Å². The Morgan fingerprint density at radius 2 is 1.88 bits per heavy atom. The summed E-state index contributed by atoms with van der Waals surface area (Å²) in [4.78, 5) is 17.5. The molecule has 0 aliphatic carbocycles. The van der Waals surface area contributed by atoms with Crippen LogP contribution in [0.25, 0.3) is 10.9 Å². The van der Waals surface area contributed by atoms with Crippen LogP contribution in [0.2, 0.25) is 0 Å². The van der Waals surface area contributed by atoms with Crippen molar-refractivity contribution >= 4 is 39.5 Å². The molecule has 1 amide bonds. The van der Waals surface area contributed by atoms with Gasteiger partial charge in [0, 0.05) is 29.9 Å². The Bertz CT molecular complexity index is 1250. The van der Waals surface area contributed by atoms with E-state index in [1.165, 1.54) is 23.5 Å². The molecule has 0 saturated heterocycles. The topological polar surface area (TPSA) is 63.2 Å². The predicted molar refractivity (Wildman–Crippen MR) is 119 cm³/mol. The second kappa shape index (κ2) is 8.88. The summed E-state index contributed by atoms with van der Waals surface area (Å²) < 4.78 is 43.4. The zero-order valence-corrected chi connectivity index (χ0v) is 17.7. The first kappa shape index (κ1) is 21.6. The monoisotopic (exact) mass is 457 g/mol. The smallest absolute Gasteiger partial charge is 0.416 e. The molecule has 0 aliphatic heterocycles. The zero-order chi connectivity index (χ0) is 22.7. The molecule has 0 unspecified atom stereocenters. The van der Waals surface area contributed by atoms with E-state index in [1.807, 2.05) is 24.3 Å². The van der Waals surface area contributed by atoms with Crippen molar-refractivity contribution in [3.05, 3.63) is 82.2 Å². The van der Waals surface area contributed by atoms with Gasteiger partial charge in [-0.25, -0.2) is 0 Å².